The molecule has 0 saturated carbocycles. The quantitative estimate of drug-likeness (QED) is 0.855. The average Bonchev–Trinajstić information content (AvgIpc) is 3.03. The Labute approximate surface area is 144 Å². The Morgan fingerprint density at radius 1 is 1.25 bits per heavy atom. The Morgan fingerprint density at radius 2 is 2.08 bits per heavy atom. The molecule has 2 aromatic rings. The average molecular weight is 349 g/mol. The number of fused-ring (bicyclic) bond motifs is 1. The number of carbonyl (C=O) groups is 1. The maximum atomic E-state index is 12.0. The molecular weight excluding hydrogens is 332 g/mol. The fraction of sp³-hybridized carbons (Fsp3) is 0.312. The van der Waals surface area contributed by atoms with Gasteiger partial charge in [-0.25, -0.2) is 0 Å². The van der Waals surface area contributed by atoms with Crippen LogP contribution in [-0.2, 0) is 11.2 Å². The number of amides is 1. The topological polar surface area (TPSA) is 76.6 Å². The summed E-state index contributed by atoms with van der Waals surface area (Å²) in [6.07, 6.45) is 0.715. The van der Waals surface area contributed by atoms with Crippen molar-refractivity contribution in [2.75, 3.05) is 31.8 Å². The van der Waals surface area contributed by atoms with Gasteiger partial charge in [0.1, 0.15) is 0 Å². The molecule has 0 aliphatic carbocycles. The van der Waals surface area contributed by atoms with Crippen LogP contribution in [0.5, 0.6) is 11.5 Å². The summed E-state index contributed by atoms with van der Waals surface area (Å²) < 4.78 is 10.6. The van der Waals surface area contributed by atoms with Crippen molar-refractivity contribution in [1.29, 1.82) is 0 Å². The van der Waals surface area contributed by atoms with Crippen molar-refractivity contribution in [3.8, 4) is 11.5 Å². The summed E-state index contributed by atoms with van der Waals surface area (Å²) in [6.45, 7) is 0.992. The molecule has 1 amide bonds. The number of halogens is 1. The van der Waals surface area contributed by atoms with Gasteiger partial charge in [0.25, 0.3) is 0 Å². The van der Waals surface area contributed by atoms with Crippen molar-refractivity contribution in [2.45, 2.75) is 6.42 Å². The molecule has 1 N–H and O–H groups in total. The number of ether oxygens (including phenoxy) is 2. The SMILES string of the molecule is CN(CC(=O)NCCc1ccc2c(c1)OCO2)c1ccc(Cl)nn1. The van der Waals surface area contributed by atoms with E-state index >= 15 is 0 Å². The summed E-state index contributed by atoms with van der Waals surface area (Å²) in [5.74, 6) is 2.01. The van der Waals surface area contributed by atoms with Crippen molar-refractivity contribution >= 4 is 23.3 Å². The molecule has 1 aromatic carbocycles. The molecule has 1 aliphatic heterocycles. The minimum Gasteiger partial charge on any atom is -0.454 e. The smallest absolute Gasteiger partial charge is 0.239 e. The molecule has 8 heteroatoms. The van der Waals surface area contributed by atoms with E-state index in [1.54, 1.807) is 24.1 Å². The zero-order valence-corrected chi connectivity index (χ0v) is 13.9. The number of aromatic nitrogens is 2. The minimum atomic E-state index is -0.0880. The van der Waals surface area contributed by atoms with Gasteiger partial charge in [-0.05, 0) is 36.2 Å². The highest BCUT2D eigenvalue weighted by molar-refractivity contribution is 6.29. The summed E-state index contributed by atoms with van der Waals surface area (Å²) in [5.41, 5.74) is 1.08. The van der Waals surface area contributed by atoms with Crippen LogP contribution in [0.1, 0.15) is 5.56 Å². The largest absolute Gasteiger partial charge is 0.454 e. The monoisotopic (exact) mass is 348 g/mol. The number of hydrogen-bond acceptors (Lipinski definition) is 6. The molecular formula is C16H17ClN4O3. The van der Waals surface area contributed by atoms with Gasteiger partial charge in [0, 0.05) is 13.6 Å². The molecule has 24 heavy (non-hydrogen) atoms. The Kier molecular flexibility index (Phi) is 5.00. The van der Waals surface area contributed by atoms with E-state index in [-0.39, 0.29) is 19.2 Å². The van der Waals surface area contributed by atoms with Crippen molar-refractivity contribution in [2.24, 2.45) is 0 Å². The molecule has 126 valence electrons. The van der Waals surface area contributed by atoms with Gasteiger partial charge in [-0.15, -0.1) is 10.2 Å². The lowest BCUT2D eigenvalue weighted by Crippen LogP contribution is -2.36. The van der Waals surface area contributed by atoms with Gasteiger partial charge in [-0.2, -0.15) is 0 Å². The van der Waals surface area contributed by atoms with E-state index in [4.69, 9.17) is 21.1 Å². The first-order chi connectivity index (χ1) is 11.6. The molecule has 0 radical (unpaired) electrons. The third kappa shape index (κ3) is 4.05. The third-order valence-electron chi connectivity index (χ3n) is 3.56. The second kappa shape index (κ2) is 7.35. The zero-order valence-electron chi connectivity index (χ0n) is 13.2. The fourth-order valence-corrected chi connectivity index (χ4v) is 2.41. The maximum Gasteiger partial charge on any atom is 0.239 e. The summed E-state index contributed by atoms with van der Waals surface area (Å²) in [7, 11) is 1.77. The van der Waals surface area contributed by atoms with E-state index < -0.39 is 0 Å². The first kappa shape index (κ1) is 16.3. The molecule has 0 fully saturated rings. The van der Waals surface area contributed by atoms with Crippen LogP contribution in [0.2, 0.25) is 5.15 Å². The van der Waals surface area contributed by atoms with E-state index in [2.05, 4.69) is 15.5 Å². The van der Waals surface area contributed by atoms with Crippen molar-refractivity contribution in [1.82, 2.24) is 15.5 Å². The van der Waals surface area contributed by atoms with Crippen LogP contribution in [0.25, 0.3) is 0 Å². The molecule has 0 saturated heterocycles. The van der Waals surface area contributed by atoms with Crippen LogP contribution in [0.15, 0.2) is 30.3 Å². The third-order valence-corrected chi connectivity index (χ3v) is 3.76. The fourth-order valence-electron chi connectivity index (χ4n) is 2.31. The molecule has 0 atom stereocenters. The number of benzene rings is 1. The number of nitrogens with one attached hydrogen (secondary N) is 1. The predicted molar refractivity (Wildman–Crippen MR) is 89.6 cm³/mol. The Bertz CT molecular complexity index is 724. The van der Waals surface area contributed by atoms with Crippen LogP contribution in [0.4, 0.5) is 5.82 Å². The first-order valence-corrected chi connectivity index (χ1v) is 7.85. The molecule has 1 aromatic heterocycles. The molecule has 0 spiro atoms. The number of carbonyl (C=O) groups excluding carboxylic acids is 1. The highest BCUT2D eigenvalue weighted by atomic mass is 35.5. The van der Waals surface area contributed by atoms with Crippen LogP contribution in [0, 0.1) is 0 Å². The number of likely N-dealkylation sites (N-methyl/N-ethyl adjacent to an activating group) is 1. The van der Waals surface area contributed by atoms with Crippen LogP contribution < -0.4 is 19.7 Å². The van der Waals surface area contributed by atoms with Crippen LogP contribution in [-0.4, -0.2) is 43.0 Å². The lowest BCUT2D eigenvalue weighted by atomic mass is 10.1. The van der Waals surface area contributed by atoms with Gasteiger partial charge in [0.05, 0.1) is 6.54 Å². The first-order valence-electron chi connectivity index (χ1n) is 7.47. The molecule has 0 bridgehead atoms. The Hall–Kier alpha value is -2.54. The van der Waals surface area contributed by atoms with E-state index in [0.29, 0.717) is 23.9 Å². The number of hydrogen-bond donors (Lipinski definition) is 1. The molecule has 0 unspecified atom stereocenters. The Balaban J connectivity index is 1.44. The molecule has 3 rings (SSSR count). The van der Waals surface area contributed by atoms with Gasteiger partial charge in [0.2, 0.25) is 12.7 Å². The summed E-state index contributed by atoms with van der Waals surface area (Å²) in [6, 6.07) is 9.14. The molecule has 1 aliphatic rings. The number of nitrogens with zero attached hydrogens (tertiary/aromatic N) is 3. The van der Waals surface area contributed by atoms with Gasteiger partial charge in [0.15, 0.2) is 22.5 Å². The summed E-state index contributed by atoms with van der Waals surface area (Å²) in [4.78, 5) is 13.7. The van der Waals surface area contributed by atoms with E-state index in [1.807, 2.05) is 18.2 Å². The highest BCUT2D eigenvalue weighted by Crippen LogP contribution is 2.32. The van der Waals surface area contributed by atoms with Crippen LogP contribution in [0.3, 0.4) is 0 Å². The number of anilines is 1. The highest BCUT2D eigenvalue weighted by Gasteiger charge is 2.13. The van der Waals surface area contributed by atoms with E-state index in [1.165, 1.54) is 0 Å². The van der Waals surface area contributed by atoms with Gasteiger partial charge in [-0.1, -0.05) is 17.7 Å². The van der Waals surface area contributed by atoms with E-state index in [0.717, 1.165) is 17.1 Å². The zero-order chi connectivity index (χ0) is 16.9. The van der Waals surface area contributed by atoms with Crippen molar-refractivity contribution in [3.05, 3.63) is 41.0 Å². The summed E-state index contributed by atoms with van der Waals surface area (Å²) in [5, 5.41) is 10.9. The van der Waals surface area contributed by atoms with Crippen molar-refractivity contribution < 1.29 is 14.3 Å². The Morgan fingerprint density at radius 3 is 2.88 bits per heavy atom. The lowest BCUT2D eigenvalue weighted by Gasteiger charge is -2.16. The molecule has 2 heterocycles. The standard InChI is InChI=1S/C16H17ClN4O3/c1-21(15-5-4-14(17)19-20-15)9-16(22)18-7-6-11-2-3-12-13(8-11)24-10-23-12/h2-5,8H,6-7,9-10H2,1H3,(H,18,22). The lowest BCUT2D eigenvalue weighted by molar-refractivity contribution is -0.119. The number of rotatable bonds is 6. The van der Waals surface area contributed by atoms with Gasteiger partial charge >= 0.3 is 0 Å². The summed E-state index contributed by atoms with van der Waals surface area (Å²) >= 11 is 5.70. The predicted octanol–water partition coefficient (Wildman–Crippen LogP) is 1.65. The second-order valence-electron chi connectivity index (χ2n) is 5.36. The molecule has 7 nitrogen and oxygen atoms in total. The van der Waals surface area contributed by atoms with Crippen molar-refractivity contribution in [3.63, 3.8) is 0 Å². The van der Waals surface area contributed by atoms with Crippen LogP contribution >= 0.6 is 11.6 Å². The maximum absolute atomic E-state index is 12.0. The second-order valence-corrected chi connectivity index (χ2v) is 5.75. The van der Waals surface area contributed by atoms with E-state index in [9.17, 15) is 4.79 Å². The van der Waals surface area contributed by atoms with Gasteiger partial charge in [-0.3, -0.25) is 4.79 Å². The van der Waals surface area contributed by atoms with Gasteiger partial charge < -0.3 is 19.7 Å². The normalized spacial score (nSPS) is 12.1. The minimum absolute atomic E-state index is 0.0880.